The molecule has 0 amide bonds. The first-order valence-electron chi connectivity index (χ1n) is 5.11. The van der Waals surface area contributed by atoms with Crippen molar-refractivity contribution in [3.05, 3.63) is 30.1 Å². The molecule has 2 rings (SSSR count). The van der Waals surface area contributed by atoms with Crippen LogP contribution in [0.1, 0.15) is 24.4 Å². The summed E-state index contributed by atoms with van der Waals surface area (Å²) in [7, 11) is 1.00. The molecule has 0 saturated carbocycles. The van der Waals surface area contributed by atoms with Gasteiger partial charge in [-0.2, -0.15) is 0 Å². The van der Waals surface area contributed by atoms with Crippen LogP contribution in [0, 0.1) is 0 Å². The monoisotopic (exact) mass is 210 g/mol. The minimum atomic E-state index is 0.238. The Labute approximate surface area is 90.0 Å². The smallest absolute Gasteiger partial charge is 0.0584 e. The Balaban J connectivity index is 0.000000531. The number of pyridine rings is 1. The van der Waals surface area contributed by atoms with Crippen LogP contribution in [-0.2, 0) is 0 Å². The molecule has 1 aliphatic rings. The second-order valence-corrected chi connectivity index (χ2v) is 3.46. The fourth-order valence-corrected chi connectivity index (χ4v) is 1.82. The van der Waals surface area contributed by atoms with E-state index in [0.717, 1.165) is 20.0 Å². The highest BCUT2D eigenvalue weighted by atomic mass is 16.3. The summed E-state index contributed by atoms with van der Waals surface area (Å²) in [5, 5.41) is 19.3. The molecule has 1 aliphatic heterocycles. The highest BCUT2D eigenvalue weighted by Gasteiger charge is 2.23. The Morgan fingerprint density at radius 1 is 1.33 bits per heavy atom. The van der Waals surface area contributed by atoms with Gasteiger partial charge in [0.1, 0.15) is 0 Å². The number of aromatic nitrogens is 1. The third-order valence-corrected chi connectivity index (χ3v) is 2.57. The minimum absolute atomic E-state index is 0.238. The standard InChI is InChI=1S/C10H14N2O.CH4O/c13-7-9-1-2-10(12-9)8-3-5-11-6-4-8;1-2/h3-6,9-10,12-13H,1-2,7H2;2H,1H3/t9-,10+;/m0./s1. The van der Waals surface area contributed by atoms with Crippen LogP contribution in [0.3, 0.4) is 0 Å². The van der Waals surface area contributed by atoms with Gasteiger partial charge in [-0.15, -0.1) is 0 Å². The van der Waals surface area contributed by atoms with Crippen molar-refractivity contribution in [2.75, 3.05) is 13.7 Å². The molecule has 1 saturated heterocycles. The molecule has 0 aliphatic carbocycles. The molecule has 0 bridgehead atoms. The van der Waals surface area contributed by atoms with Crippen molar-refractivity contribution in [2.24, 2.45) is 0 Å². The zero-order valence-electron chi connectivity index (χ0n) is 8.93. The first kappa shape index (κ1) is 12.1. The van der Waals surface area contributed by atoms with Crippen LogP contribution in [0.5, 0.6) is 0 Å². The molecular weight excluding hydrogens is 192 g/mol. The molecule has 4 heteroatoms. The molecule has 15 heavy (non-hydrogen) atoms. The van der Waals surface area contributed by atoms with E-state index in [-0.39, 0.29) is 12.6 Å². The van der Waals surface area contributed by atoms with Crippen molar-refractivity contribution in [1.29, 1.82) is 0 Å². The van der Waals surface area contributed by atoms with Gasteiger partial charge in [-0.1, -0.05) is 0 Å². The Bertz CT molecular complexity index is 267. The second kappa shape index (κ2) is 6.50. The second-order valence-electron chi connectivity index (χ2n) is 3.46. The van der Waals surface area contributed by atoms with E-state index in [1.54, 1.807) is 0 Å². The zero-order valence-corrected chi connectivity index (χ0v) is 8.93. The first-order valence-corrected chi connectivity index (χ1v) is 5.11. The SMILES string of the molecule is CO.OC[C@@H]1CC[C@H](c2ccncc2)N1. The van der Waals surface area contributed by atoms with Gasteiger partial charge in [0, 0.05) is 31.6 Å². The number of rotatable bonds is 2. The van der Waals surface area contributed by atoms with Crippen LogP contribution < -0.4 is 5.32 Å². The van der Waals surface area contributed by atoms with Gasteiger partial charge in [-0.3, -0.25) is 4.98 Å². The molecule has 4 nitrogen and oxygen atoms in total. The molecule has 0 unspecified atom stereocenters. The fraction of sp³-hybridized carbons (Fsp3) is 0.545. The summed E-state index contributed by atoms with van der Waals surface area (Å²) in [5.74, 6) is 0. The number of nitrogens with one attached hydrogen (secondary N) is 1. The summed E-state index contributed by atoms with van der Waals surface area (Å²) in [4.78, 5) is 3.98. The molecular formula is C11H18N2O2. The molecule has 0 radical (unpaired) electrons. The average Bonchev–Trinajstić information content (AvgIpc) is 2.81. The number of nitrogens with zero attached hydrogens (tertiary/aromatic N) is 1. The molecule has 1 aromatic rings. The van der Waals surface area contributed by atoms with Gasteiger partial charge in [0.05, 0.1) is 6.61 Å². The van der Waals surface area contributed by atoms with Gasteiger partial charge in [-0.25, -0.2) is 0 Å². The third-order valence-electron chi connectivity index (χ3n) is 2.57. The number of aliphatic hydroxyl groups is 2. The number of aliphatic hydroxyl groups excluding tert-OH is 2. The lowest BCUT2D eigenvalue weighted by atomic mass is 10.1. The van der Waals surface area contributed by atoms with Crippen LogP contribution >= 0.6 is 0 Å². The Kier molecular flexibility index (Phi) is 5.25. The zero-order chi connectivity index (χ0) is 11.1. The number of hydrogen-bond acceptors (Lipinski definition) is 4. The third kappa shape index (κ3) is 3.27. The highest BCUT2D eigenvalue weighted by molar-refractivity contribution is 5.16. The van der Waals surface area contributed by atoms with Gasteiger partial charge >= 0.3 is 0 Å². The van der Waals surface area contributed by atoms with Crippen LogP contribution in [0.2, 0.25) is 0 Å². The van der Waals surface area contributed by atoms with E-state index < -0.39 is 0 Å². The van der Waals surface area contributed by atoms with E-state index >= 15 is 0 Å². The lowest BCUT2D eigenvalue weighted by Gasteiger charge is -2.12. The van der Waals surface area contributed by atoms with Crippen LogP contribution in [-0.4, -0.2) is 35.0 Å². The lowest BCUT2D eigenvalue weighted by molar-refractivity contribution is 0.251. The quantitative estimate of drug-likeness (QED) is 0.664. The summed E-state index contributed by atoms with van der Waals surface area (Å²) in [5.41, 5.74) is 1.27. The van der Waals surface area contributed by atoms with Crippen molar-refractivity contribution in [3.63, 3.8) is 0 Å². The molecule has 2 atom stereocenters. The van der Waals surface area contributed by atoms with E-state index in [2.05, 4.69) is 10.3 Å². The van der Waals surface area contributed by atoms with Gasteiger partial charge in [-0.05, 0) is 30.5 Å². The summed E-state index contributed by atoms with van der Waals surface area (Å²) in [6.07, 6.45) is 5.78. The maximum absolute atomic E-state index is 8.96. The molecule has 3 N–H and O–H groups in total. The van der Waals surface area contributed by atoms with E-state index in [9.17, 15) is 0 Å². The topological polar surface area (TPSA) is 65.4 Å². The van der Waals surface area contributed by atoms with Crippen molar-refractivity contribution >= 4 is 0 Å². The van der Waals surface area contributed by atoms with Gasteiger partial charge < -0.3 is 15.5 Å². The summed E-state index contributed by atoms with van der Waals surface area (Å²) in [6.45, 7) is 0.238. The predicted octanol–water partition coefficient (Wildman–Crippen LogP) is 0.475. The van der Waals surface area contributed by atoms with Crippen LogP contribution in [0.25, 0.3) is 0 Å². The highest BCUT2D eigenvalue weighted by Crippen LogP contribution is 2.25. The maximum atomic E-state index is 8.96. The van der Waals surface area contributed by atoms with Gasteiger partial charge in [0.25, 0.3) is 0 Å². The Morgan fingerprint density at radius 2 is 2.00 bits per heavy atom. The number of hydrogen-bond donors (Lipinski definition) is 3. The molecule has 0 aromatic carbocycles. The van der Waals surface area contributed by atoms with Crippen LogP contribution in [0.15, 0.2) is 24.5 Å². The van der Waals surface area contributed by atoms with E-state index in [4.69, 9.17) is 10.2 Å². The van der Waals surface area contributed by atoms with Crippen LogP contribution in [0.4, 0.5) is 0 Å². The van der Waals surface area contributed by atoms with Crippen molar-refractivity contribution in [1.82, 2.24) is 10.3 Å². The lowest BCUT2D eigenvalue weighted by Crippen LogP contribution is -2.27. The average molecular weight is 210 g/mol. The largest absolute Gasteiger partial charge is 0.400 e. The molecule has 0 spiro atoms. The fourth-order valence-electron chi connectivity index (χ4n) is 1.82. The van der Waals surface area contributed by atoms with Crippen molar-refractivity contribution < 1.29 is 10.2 Å². The maximum Gasteiger partial charge on any atom is 0.0584 e. The minimum Gasteiger partial charge on any atom is -0.400 e. The Hall–Kier alpha value is -0.970. The van der Waals surface area contributed by atoms with Crippen molar-refractivity contribution in [2.45, 2.75) is 24.9 Å². The molecule has 1 fully saturated rings. The predicted molar refractivity (Wildman–Crippen MR) is 58.4 cm³/mol. The van der Waals surface area contributed by atoms with Crippen molar-refractivity contribution in [3.8, 4) is 0 Å². The molecule has 1 aromatic heterocycles. The van der Waals surface area contributed by atoms with E-state index in [1.807, 2.05) is 24.5 Å². The molecule has 2 heterocycles. The summed E-state index contributed by atoms with van der Waals surface area (Å²) < 4.78 is 0. The van der Waals surface area contributed by atoms with E-state index in [1.165, 1.54) is 5.56 Å². The first-order chi connectivity index (χ1) is 7.40. The summed E-state index contributed by atoms with van der Waals surface area (Å²) in [6, 6.07) is 4.73. The summed E-state index contributed by atoms with van der Waals surface area (Å²) >= 11 is 0. The van der Waals surface area contributed by atoms with E-state index in [0.29, 0.717) is 6.04 Å². The Morgan fingerprint density at radius 3 is 2.53 bits per heavy atom. The molecule has 84 valence electrons. The van der Waals surface area contributed by atoms with Gasteiger partial charge in [0.15, 0.2) is 0 Å². The van der Waals surface area contributed by atoms with Gasteiger partial charge in [0.2, 0.25) is 0 Å². The normalized spacial score (nSPS) is 24.5.